The number of piperidine rings is 1. The van der Waals surface area contributed by atoms with E-state index in [1.54, 1.807) is 0 Å². The lowest BCUT2D eigenvalue weighted by molar-refractivity contribution is 0.0896. The second-order valence-electron chi connectivity index (χ2n) is 8.07. The van der Waals surface area contributed by atoms with Gasteiger partial charge in [-0.05, 0) is 29.9 Å². The van der Waals surface area contributed by atoms with E-state index in [4.69, 9.17) is 10.8 Å². The van der Waals surface area contributed by atoms with Gasteiger partial charge < -0.3 is 5.73 Å². The first-order valence-corrected chi connectivity index (χ1v) is 8.98. The van der Waals surface area contributed by atoms with E-state index in [-0.39, 0.29) is 5.41 Å². The molecule has 0 aliphatic carbocycles. The van der Waals surface area contributed by atoms with Crippen LogP contribution in [0.2, 0.25) is 0 Å². The largest absolute Gasteiger partial charge is 0.327 e. The van der Waals surface area contributed by atoms with Crippen molar-refractivity contribution in [2.45, 2.75) is 52.6 Å². The third-order valence-corrected chi connectivity index (χ3v) is 5.18. The fourth-order valence-corrected chi connectivity index (χ4v) is 3.60. The quantitative estimate of drug-likeness (QED) is 0.934. The van der Waals surface area contributed by atoms with Crippen LogP contribution in [0.5, 0.6) is 0 Å². The van der Waals surface area contributed by atoms with E-state index in [0.717, 1.165) is 31.7 Å². The summed E-state index contributed by atoms with van der Waals surface area (Å²) in [6, 6.07) is 10.6. The molecule has 1 saturated heterocycles. The highest BCUT2D eigenvalue weighted by atomic mass is 15.3. The van der Waals surface area contributed by atoms with Gasteiger partial charge in [-0.1, -0.05) is 45.9 Å². The van der Waals surface area contributed by atoms with Gasteiger partial charge >= 0.3 is 0 Å². The maximum Gasteiger partial charge on any atom is 0.0699 e. The zero-order chi connectivity index (χ0) is 17.3. The predicted molar refractivity (Wildman–Crippen MR) is 99.3 cm³/mol. The highest BCUT2D eigenvalue weighted by molar-refractivity contribution is 5.33. The molecule has 0 bridgehead atoms. The first kappa shape index (κ1) is 17.2. The van der Waals surface area contributed by atoms with E-state index in [1.807, 2.05) is 10.7 Å². The van der Waals surface area contributed by atoms with Crippen LogP contribution in [0.25, 0.3) is 5.69 Å². The molecule has 24 heavy (non-hydrogen) atoms. The van der Waals surface area contributed by atoms with E-state index < -0.39 is 0 Å². The Morgan fingerprint density at radius 2 is 1.96 bits per heavy atom. The lowest BCUT2D eigenvalue weighted by Gasteiger charge is -2.42. The Morgan fingerprint density at radius 3 is 2.58 bits per heavy atom. The van der Waals surface area contributed by atoms with Crippen molar-refractivity contribution in [2.75, 3.05) is 13.1 Å². The predicted octanol–water partition coefficient (Wildman–Crippen LogP) is 3.55. The van der Waals surface area contributed by atoms with Gasteiger partial charge in [-0.25, -0.2) is 4.68 Å². The molecule has 1 aliphatic rings. The van der Waals surface area contributed by atoms with Crippen molar-refractivity contribution < 1.29 is 0 Å². The fourth-order valence-electron chi connectivity index (χ4n) is 3.60. The molecule has 4 nitrogen and oxygen atoms in total. The van der Waals surface area contributed by atoms with Crippen LogP contribution in [0, 0.1) is 5.41 Å². The molecule has 1 atom stereocenters. The Kier molecular flexibility index (Phi) is 4.79. The van der Waals surface area contributed by atoms with Crippen LogP contribution >= 0.6 is 0 Å². The first-order valence-electron chi connectivity index (χ1n) is 8.98. The standard InChI is InChI=1S/C20H30N4/c1-15(2)19-16(12-23-11-10-18(21)20(3,4)14-23)13-24(22-19)17-8-6-5-7-9-17/h5-9,13,15,18H,10-12,14,21H2,1-4H3. The minimum Gasteiger partial charge on any atom is -0.327 e. The number of benzene rings is 1. The molecule has 0 saturated carbocycles. The number of hydrogen-bond acceptors (Lipinski definition) is 3. The van der Waals surface area contributed by atoms with E-state index in [1.165, 1.54) is 11.3 Å². The van der Waals surface area contributed by atoms with Crippen molar-refractivity contribution in [1.29, 1.82) is 0 Å². The molecule has 2 aromatic rings. The summed E-state index contributed by atoms with van der Waals surface area (Å²) in [5.74, 6) is 0.421. The van der Waals surface area contributed by atoms with Gasteiger partial charge in [0.25, 0.3) is 0 Å². The number of para-hydroxylation sites is 1. The summed E-state index contributed by atoms with van der Waals surface area (Å²) in [5.41, 5.74) is 10.1. The molecule has 0 radical (unpaired) electrons. The summed E-state index contributed by atoms with van der Waals surface area (Å²) in [6.07, 6.45) is 3.27. The molecule has 1 unspecified atom stereocenters. The Morgan fingerprint density at radius 1 is 1.25 bits per heavy atom. The van der Waals surface area contributed by atoms with Crippen LogP contribution in [-0.2, 0) is 6.54 Å². The molecular weight excluding hydrogens is 296 g/mol. The highest BCUT2D eigenvalue weighted by Gasteiger charge is 2.33. The minimum atomic E-state index is 0.172. The zero-order valence-electron chi connectivity index (χ0n) is 15.4. The molecule has 2 N–H and O–H groups in total. The fraction of sp³-hybridized carbons (Fsp3) is 0.550. The number of nitrogens with zero attached hydrogens (tertiary/aromatic N) is 3. The van der Waals surface area contributed by atoms with Crippen molar-refractivity contribution in [2.24, 2.45) is 11.1 Å². The van der Waals surface area contributed by atoms with Gasteiger partial charge in [0.15, 0.2) is 0 Å². The molecule has 2 heterocycles. The molecule has 0 amide bonds. The Hall–Kier alpha value is -1.65. The average molecular weight is 326 g/mol. The molecule has 0 spiro atoms. The molecule has 3 rings (SSSR count). The summed E-state index contributed by atoms with van der Waals surface area (Å²) in [5, 5.41) is 4.86. The molecule has 1 aromatic heterocycles. The molecular formula is C20H30N4. The van der Waals surface area contributed by atoms with Gasteiger partial charge in [-0.15, -0.1) is 0 Å². The van der Waals surface area contributed by atoms with Gasteiger partial charge in [-0.2, -0.15) is 5.10 Å². The average Bonchev–Trinajstić information content (AvgIpc) is 2.96. The summed E-state index contributed by atoms with van der Waals surface area (Å²) in [6.45, 7) is 12.1. The normalized spacial score (nSPS) is 21.3. The number of aromatic nitrogens is 2. The van der Waals surface area contributed by atoms with Gasteiger partial charge in [0.2, 0.25) is 0 Å². The molecule has 1 fully saturated rings. The van der Waals surface area contributed by atoms with E-state index in [9.17, 15) is 0 Å². The highest BCUT2D eigenvalue weighted by Crippen LogP contribution is 2.30. The minimum absolute atomic E-state index is 0.172. The molecule has 1 aromatic carbocycles. The first-order chi connectivity index (χ1) is 11.4. The Bertz CT molecular complexity index is 672. The number of likely N-dealkylation sites (tertiary alicyclic amines) is 1. The third-order valence-electron chi connectivity index (χ3n) is 5.18. The van der Waals surface area contributed by atoms with Crippen molar-refractivity contribution >= 4 is 0 Å². The topological polar surface area (TPSA) is 47.1 Å². The van der Waals surface area contributed by atoms with Crippen LogP contribution in [0.15, 0.2) is 36.5 Å². The molecule has 4 heteroatoms. The number of hydrogen-bond donors (Lipinski definition) is 1. The SMILES string of the molecule is CC(C)c1nn(-c2ccccc2)cc1CN1CCC(N)C(C)(C)C1. The monoisotopic (exact) mass is 326 g/mol. The second kappa shape index (κ2) is 6.69. The van der Waals surface area contributed by atoms with Gasteiger partial charge in [-0.3, -0.25) is 4.90 Å². The number of nitrogens with two attached hydrogens (primary N) is 1. The van der Waals surface area contributed by atoms with Crippen molar-refractivity contribution in [3.63, 3.8) is 0 Å². The van der Waals surface area contributed by atoms with Gasteiger partial charge in [0.05, 0.1) is 11.4 Å². The van der Waals surface area contributed by atoms with Gasteiger partial charge in [0.1, 0.15) is 0 Å². The van der Waals surface area contributed by atoms with Gasteiger partial charge in [0, 0.05) is 37.4 Å². The van der Waals surface area contributed by atoms with Crippen molar-refractivity contribution in [3.05, 3.63) is 47.8 Å². The number of rotatable bonds is 4. The summed E-state index contributed by atoms with van der Waals surface area (Å²) in [4.78, 5) is 2.53. The van der Waals surface area contributed by atoms with E-state index in [2.05, 4.69) is 63.1 Å². The summed E-state index contributed by atoms with van der Waals surface area (Å²) < 4.78 is 2.02. The molecule has 1 aliphatic heterocycles. The van der Waals surface area contributed by atoms with Crippen LogP contribution in [-0.4, -0.2) is 33.8 Å². The summed E-state index contributed by atoms with van der Waals surface area (Å²) in [7, 11) is 0. The van der Waals surface area contributed by atoms with Crippen LogP contribution in [0.1, 0.15) is 51.3 Å². The van der Waals surface area contributed by atoms with Crippen LogP contribution in [0.4, 0.5) is 0 Å². The Labute approximate surface area is 145 Å². The van der Waals surface area contributed by atoms with E-state index in [0.29, 0.717) is 12.0 Å². The Balaban J connectivity index is 1.84. The lowest BCUT2D eigenvalue weighted by Crippen LogP contribution is -2.52. The van der Waals surface area contributed by atoms with Crippen molar-refractivity contribution in [3.8, 4) is 5.69 Å². The molecule has 130 valence electrons. The van der Waals surface area contributed by atoms with E-state index >= 15 is 0 Å². The van der Waals surface area contributed by atoms with Crippen LogP contribution < -0.4 is 5.73 Å². The lowest BCUT2D eigenvalue weighted by atomic mass is 9.79. The summed E-state index contributed by atoms with van der Waals surface area (Å²) >= 11 is 0. The zero-order valence-corrected chi connectivity index (χ0v) is 15.4. The van der Waals surface area contributed by atoms with Crippen LogP contribution in [0.3, 0.4) is 0 Å². The smallest absolute Gasteiger partial charge is 0.0699 e. The second-order valence-corrected chi connectivity index (χ2v) is 8.07. The third kappa shape index (κ3) is 3.55. The van der Waals surface area contributed by atoms with Crippen molar-refractivity contribution in [1.82, 2.24) is 14.7 Å². The maximum absolute atomic E-state index is 6.28. The maximum atomic E-state index is 6.28.